The van der Waals surface area contributed by atoms with Crippen LogP contribution in [0, 0.1) is 0 Å². The lowest BCUT2D eigenvalue weighted by Crippen LogP contribution is -2.45. The molecule has 0 aromatic heterocycles. The summed E-state index contributed by atoms with van der Waals surface area (Å²) in [5.41, 5.74) is 3.77. The molecule has 32 heavy (non-hydrogen) atoms. The fraction of sp³-hybridized carbons (Fsp3) is 0.269. The van der Waals surface area contributed by atoms with Gasteiger partial charge in [-0.05, 0) is 42.0 Å². The molecule has 0 saturated carbocycles. The fourth-order valence-corrected chi connectivity index (χ4v) is 3.90. The number of carbonyl (C=O) groups is 1. The van der Waals surface area contributed by atoms with Crippen molar-refractivity contribution in [3.8, 4) is 11.5 Å². The summed E-state index contributed by atoms with van der Waals surface area (Å²) in [4.78, 5) is 17.6. The summed E-state index contributed by atoms with van der Waals surface area (Å²) in [5, 5.41) is 2.95. The smallest absolute Gasteiger partial charge is 0.255 e. The third-order valence-corrected chi connectivity index (χ3v) is 5.73. The lowest BCUT2D eigenvalue weighted by atomic mass is 10.1. The van der Waals surface area contributed by atoms with Crippen LogP contribution >= 0.6 is 0 Å². The average molecular weight is 432 g/mol. The monoisotopic (exact) mass is 431 g/mol. The van der Waals surface area contributed by atoms with Crippen LogP contribution in [-0.2, 0) is 6.54 Å². The van der Waals surface area contributed by atoms with Gasteiger partial charge in [0.2, 0.25) is 0 Å². The molecule has 1 amide bonds. The van der Waals surface area contributed by atoms with Gasteiger partial charge in [0.25, 0.3) is 5.91 Å². The molecule has 6 heteroatoms. The number of benzene rings is 3. The molecule has 0 spiro atoms. The number of nitrogens with zero attached hydrogens (tertiary/aromatic N) is 2. The van der Waals surface area contributed by atoms with Gasteiger partial charge >= 0.3 is 0 Å². The summed E-state index contributed by atoms with van der Waals surface area (Å²) in [6.45, 7) is 5.04. The minimum atomic E-state index is -0.204. The van der Waals surface area contributed by atoms with Gasteiger partial charge in [-0.3, -0.25) is 9.69 Å². The Balaban J connectivity index is 1.33. The number of hydrogen-bond acceptors (Lipinski definition) is 5. The number of nitrogens with one attached hydrogen (secondary N) is 1. The van der Waals surface area contributed by atoms with E-state index in [0.717, 1.165) is 38.4 Å². The van der Waals surface area contributed by atoms with Crippen LogP contribution in [0.5, 0.6) is 11.5 Å². The van der Waals surface area contributed by atoms with E-state index < -0.39 is 0 Å². The van der Waals surface area contributed by atoms with E-state index >= 15 is 0 Å². The second kappa shape index (κ2) is 10.2. The normalized spacial score (nSPS) is 14.1. The molecule has 1 aliphatic heterocycles. The molecule has 4 rings (SSSR count). The first-order chi connectivity index (χ1) is 15.6. The largest absolute Gasteiger partial charge is 0.497 e. The van der Waals surface area contributed by atoms with Gasteiger partial charge in [-0.25, -0.2) is 0 Å². The molecular weight excluding hydrogens is 402 g/mol. The van der Waals surface area contributed by atoms with Gasteiger partial charge in [0, 0.05) is 55.7 Å². The molecule has 1 fully saturated rings. The van der Waals surface area contributed by atoms with Gasteiger partial charge in [0.05, 0.1) is 14.2 Å². The van der Waals surface area contributed by atoms with Gasteiger partial charge in [0.15, 0.2) is 0 Å². The standard InChI is InChI=1S/C26H29N3O3/c1-31-24-16-21(17-25(18-24)32-2)26(30)27-22-8-10-23(11-9-22)29-14-12-28(13-15-29)19-20-6-4-3-5-7-20/h3-11,16-18H,12-15,19H2,1-2H3,(H,27,30). The number of anilines is 2. The molecule has 0 atom stereocenters. The summed E-state index contributed by atoms with van der Waals surface area (Å²) in [6.07, 6.45) is 0. The molecule has 1 aliphatic rings. The SMILES string of the molecule is COc1cc(OC)cc(C(=O)Nc2ccc(N3CCN(Cc4ccccc4)CC3)cc2)c1. The first-order valence-electron chi connectivity index (χ1n) is 10.8. The predicted molar refractivity (Wildman–Crippen MR) is 128 cm³/mol. The van der Waals surface area contributed by atoms with Crippen LogP contribution in [0.4, 0.5) is 11.4 Å². The van der Waals surface area contributed by atoms with Crippen LogP contribution in [0.25, 0.3) is 0 Å². The minimum absolute atomic E-state index is 0.204. The Labute approximate surface area is 189 Å². The Morgan fingerprint density at radius 1 is 0.844 bits per heavy atom. The summed E-state index contributed by atoms with van der Waals surface area (Å²) < 4.78 is 10.5. The third-order valence-electron chi connectivity index (χ3n) is 5.73. The second-order valence-electron chi connectivity index (χ2n) is 7.85. The van der Waals surface area contributed by atoms with Crippen molar-refractivity contribution >= 4 is 17.3 Å². The van der Waals surface area contributed by atoms with Crippen molar-refractivity contribution in [2.75, 3.05) is 50.6 Å². The first-order valence-corrected chi connectivity index (χ1v) is 10.8. The first kappa shape index (κ1) is 21.7. The molecule has 3 aromatic carbocycles. The Morgan fingerprint density at radius 3 is 2.06 bits per heavy atom. The molecule has 1 N–H and O–H groups in total. The highest BCUT2D eigenvalue weighted by molar-refractivity contribution is 6.04. The van der Waals surface area contributed by atoms with E-state index in [1.54, 1.807) is 32.4 Å². The summed E-state index contributed by atoms with van der Waals surface area (Å²) in [7, 11) is 3.13. The highest BCUT2D eigenvalue weighted by atomic mass is 16.5. The average Bonchev–Trinajstić information content (AvgIpc) is 2.85. The minimum Gasteiger partial charge on any atom is -0.497 e. The van der Waals surface area contributed by atoms with E-state index in [0.29, 0.717) is 17.1 Å². The fourth-order valence-electron chi connectivity index (χ4n) is 3.90. The van der Waals surface area contributed by atoms with Gasteiger partial charge in [-0.1, -0.05) is 30.3 Å². The van der Waals surface area contributed by atoms with Crippen molar-refractivity contribution in [3.05, 3.63) is 83.9 Å². The summed E-state index contributed by atoms with van der Waals surface area (Å²) in [5.74, 6) is 0.956. The lowest BCUT2D eigenvalue weighted by Gasteiger charge is -2.36. The van der Waals surface area contributed by atoms with Crippen molar-refractivity contribution in [2.24, 2.45) is 0 Å². The number of methoxy groups -OCH3 is 2. The second-order valence-corrected chi connectivity index (χ2v) is 7.85. The quantitative estimate of drug-likeness (QED) is 0.605. The van der Waals surface area contributed by atoms with Crippen molar-refractivity contribution in [2.45, 2.75) is 6.54 Å². The highest BCUT2D eigenvalue weighted by Crippen LogP contribution is 2.24. The van der Waals surface area contributed by atoms with Crippen molar-refractivity contribution in [1.82, 2.24) is 4.90 Å². The molecule has 3 aromatic rings. The third kappa shape index (κ3) is 5.39. The van der Waals surface area contributed by atoms with Gasteiger partial charge in [0.1, 0.15) is 11.5 Å². The number of hydrogen-bond donors (Lipinski definition) is 1. The molecule has 6 nitrogen and oxygen atoms in total. The van der Waals surface area contributed by atoms with Crippen LogP contribution < -0.4 is 19.7 Å². The molecule has 166 valence electrons. The zero-order valence-corrected chi connectivity index (χ0v) is 18.6. The number of amides is 1. The van der Waals surface area contributed by atoms with E-state index in [1.807, 2.05) is 12.1 Å². The Bertz CT molecular complexity index is 1010. The van der Waals surface area contributed by atoms with Gasteiger partial charge < -0.3 is 19.7 Å². The molecule has 0 aliphatic carbocycles. The summed E-state index contributed by atoms with van der Waals surface area (Å²) in [6, 6.07) is 23.8. The van der Waals surface area contributed by atoms with E-state index in [4.69, 9.17) is 9.47 Å². The Morgan fingerprint density at radius 2 is 1.47 bits per heavy atom. The maximum absolute atomic E-state index is 12.7. The number of ether oxygens (including phenoxy) is 2. The molecule has 0 bridgehead atoms. The van der Waals surface area contributed by atoms with Crippen LogP contribution in [0.1, 0.15) is 15.9 Å². The van der Waals surface area contributed by atoms with Crippen molar-refractivity contribution in [3.63, 3.8) is 0 Å². The van der Waals surface area contributed by atoms with E-state index in [9.17, 15) is 4.79 Å². The van der Waals surface area contributed by atoms with Crippen LogP contribution in [-0.4, -0.2) is 51.2 Å². The van der Waals surface area contributed by atoms with Gasteiger partial charge in [-0.2, -0.15) is 0 Å². The molecular formula is C26H29N3O3. The lowest BCUT2D eigenvalue weighted by molar-refractivity contribution is 0.102. The summed E-state index contributed by atoms with van der Waals surface area (Å²) >= 11 is 0. The predicted octanol–water partition coefficient (Wildman–Crippen LogP) is 4.28. The Hall–Kier alpha value is -3.51. The zero-order chi connectivity index (χ0) is 22.3. The number of carbonyl (C=O) groups excluding carboxylic acids is 1. The molecule has 0 radical (unpaired) electrons. The topological polar surface area (TPSA) is 54.0 Å². The number of piperazine rings is 1. The van der Waals surface area contributed by atoms with E-state index in [-0.39, 0.29) is 5.91 Å². The van der Waals surface area contributed by atoms with Crippen LogP contribution in [0.2, 0.25) is 0 Å². The van der Waals surface area contributed by atoms with Crippen molar-refractivity contribution < 1.29 is 14.3 Å². The molecule has 1 saturated heterocycles. The zero-order valence-electron chi connectivity index (χ0n) is 18.6. The van der Waals surface area contributed by atoms with Gasteiger partial charge in [-0.15, -0.1) is 0 Å². The van der Waals surface area contributed by atoms with Crippen molar-refractivity contribution in [1.29, 1.82) is 0 Å². The molecule has 1 heterocycles. The van der Waals surface area contributed by atoms with E-state index in [1.165, 1.54) is 11.3 Å². The highest BCUT2D eigenvalue weighted by Gasteiger charge is 2.17. The van der Waals surface area contributed by atoms with Crippen LogP contribution in [0.3, 0.4) is 0 Å². The Kier molecular flexibility index (Phi) is 6.92. The molecule has 0 unspecified atom stereocenters. The number of rotatable bonds is 7. The van der Waals surface area contributed by atoms with E-state index in [2.05, 4.69) is 57.6 Å². The van der Waals surface area contributed by atoms with Crippen LogP contribution in [0.15, 0.2) is 72.8 Å². The maximum atomic E-state index is 12.7. The maximum Gasteiger partial charge on any atom is 0.255 e.